The number of nitrogen functional groups attached to an aromatic ring is 1. The van der Waals surface area contributed by atoms with E-state index in [1.807, 2.05) is 0 Å². The smallest absolute Gasteiger partial charge is 0.273 e. The summed E-state index contributed by atoms with van der Waals surface area (Å²) < 4.78 is 4.94. The van der Waals surface area contributed by atoms with Crippen LogP contribution in [0.5, 0.6) is 5.75 Å². The van der Waals surface area contributed by atoms with Gasteiger partial charge in [0.25, 0.3) is 5.91 Å². The molecule has 0 unspecified atom stereocenters. The molecule has 1 amide bonds. The third-order valence-corrected chi connectivity index (χ3v) is 1.54. The van der Waals surface area contributed by atoms with E-state index in [1.165, 1.54) is 14.2 Å². The van der Waals surface area contributed by atoms with E-state index in [2.05, 4.69) is 10.3 Å². The minimum Gasteiger partial charge on any atom is -0.494 e. The molecule has 13 heavy (non-hydrogen) atoms. The van der Waals surface area contributed by atoms with Crippen molar-refractivity contribution in [2.45, 2.75) is 0 Å². The molecule has 1 rings (SSSR count). The molecule has 3 N–H and O–H groups in total. The molecule has 0 spiro atoms. The van der Waals surface area contributed by atoms with Crippen LogP contribution in [0, 0.1) is 0 Å². The summed E-state index contributed by atoms with van der Waals surface area (Å²) in [5, 5.41) is 2.45. The minimum absolute atomic E-state index is 0.199. The van der Waals surface area contributed by atoms with Gasteiger partial charge in [-0.3, -0.25) is 4.79 Å². The second kappa shape index (κ2) is 3.75. The lowest BCUT2D eigenvalue weighted by atomic mass is 10.3. The third-order valence-electron chi connectivity index (χ3n) is 1.54. The van der Waals surface area contributed by atoms with Crippen LogP contribution >= 0.6 is 0 Å². The third kappa shape index (κ3) is 1.87. The van der Waals surface area contributed by atoms with Gasteiger partial charge in [0.15, 0.2) is 5.69 Å². The highest BCUT2D eigenvalue weighted by molar-refractivity contribution is 5.95. The molecule has 1 heterocycles. The van der Waals surface area contributed by atoms with Gasteiger partial charge in [-0.05, 0) is 12.1 Å². The lowest BCUT2D eigenvalue weighted by Crippen LogP contribution is -2.20. The van der Waals surface area contributed by atoms with Gasteiger partial charge in [-0.25, -0.2) is 4.98 Å². The summed E-state index contributed by atoms with van der Waals surface area (Å²) >= 11 is 0. The Morgan fingerprint density at radius 3 is 2.85 bits per heavy atom. The van der Waals surface area contributed by atoms with Gasteiger partial charge < -0.3 is 15.8 Å². The molecular formula is C8H11N3O2. The number of rotatable bonds is 2. The van der Waals surface area contributed by atoms with E-state index in [-0.39, 0.29) is 11.6 Å². The van der Waals surface area contributed by atoms with E-state index in [0.29, 0.717) is 11.6 Å². The van der Waals surface area contributed by atoms with Crippen molar-refractivity contribution in [1.82, 2.24) is 10.3 Å². The van der Waals surface area contributed by atoms with Crippen molar-refractivity contribution in [3.63, 3.8) is 0 Å². The second-order valence-corrected chi connectivity index (χ2v) is 2.37. The van der Waals surface area contributed by atoms with Crippen LogP contribution < -0.4 is 15.8 Å². The molecule has 0 aliphatic carbocycles. The van der Waals surface area contributed by atoms with Crippen molar-refractivity contribution < 1.29 is 9.53 Å². The van der Waals surface area contributed by atoms with E-state index < -0.39 is 0 Å². The summed E-state index contributed by atoms with van der Waals surface area (Å²) in [6.07, 6.45) is 0. The number of anilines is 1. The molecule has 0 aromatic carbocycles. The fourth-order valence-electron chi connectivity index (χ4n) is 0.907. The molecule has 0 atom stereocenters. The monoisotopic (exact) mass is 181 g/mol. The molecule has 0 aliphatic rings. The molecule has 0 radical (unpaired) electrons. The molecule has 5 heteroatoms. The molecule has 1 aromatic rings. The molecule has 0 saturated heterocycles. The number of carbonyl (C=O) groups is 1. The van der Waals surface area contributed by atoms with E-state index in [9.17, 15) is 4.79 Å². The normalized spacial score (nSPS) is 9.38. The summed E-state index contributed by atoms with van der Waals surface area (Å²) in [6, 6.07) is 3.18. The van der Waals surface area contributed by atoms with Crippen molar-refractivity contribution in [2.75, 3.05) is 19.9 Å². The molecule has 0 fully saturated rings. The van der Waals surface area contributed by atoms with Gasteiger partial charge in [0.1, 0.15) is 11.6 Å². The van der Waals surface area contributed by atoms with Crippen LogP contribution in [-0.2, 0) is 0 Å². The van der Waals surface area contributed by atoms with E-state index in [4.69, 9.17) is 10.5 Å². The largest absolute Gasteiger partial charge is 0.494 e. The molecular weight excluding hydrogens is 170 g/mol. The number of nitrogens with two attached hydrogens (primary N) is 1. The quantitative estimate of drug-likeness (QED) is 0.674. The number of ether oxygens (including phenoxy) is 1. The Bertz CT molecular complexity index is 325. The average Bonchev–Trinajstić information content (AvgIpc) is 2.16. The summed E-state index contributed by atoms with van der Waals surface area (Å²) in [7, 11) is 2.99. The average molecular weight is 181 g/mol. The maximum atomic E-state index is 11.2. The number of nitrogens with zero attached hydrogens (tertiary/aromatic N) is 1. The minimum atomic E-state index is -0.316. The zero-order valence-electron chi connectivity index (χ0n) is 7.50. The Morgan fingerprint density at radius 1 is 1.62 bits per heavy atom. The highest BCUT2D eigenvalue weighted by Crippen LogP contribution is 2.16. The Morgan fingerprint density at radius 2 is 2.31 bits per heavy atom. The molecule has 0 saturated carbocycles. The summed E-state index contributed by atoms with van der Waals surface area (Å²) in [5.74, 6) is 0.386. The number of amides is 1. The van der Waals surface area contributed by atoms with Crippen LogP contribution in [0.15, 0.2) is 12.1 Å². The summed E-state index contributed by atoms with van der Waals surface area (Å²) in [5.41, 5.74) is 5.63. The first-order valence-electron chi connectivity index (χ1n) is 3.71. The first kappa shape index (κ1) is 9.31. The standard InChI is InChI=1S/C8H11N3O2/c1-10-8(12)7-5(13-2)3-4-6(9)11-7/h3-4H,1-2H3,(H2,9,11)(H,10,12). The second-order valence-electron chi connectivity index (χ2n) is 2.37. The van der Waals surface area contributed by atoms with Crippen molar-refractivity contribution >= 4 is 11.7 Å². The number of hydrogen-bond donors (Lipinski definition) is 2. The molecule has 5 nitrogen and oxygen atoms in total. The molecule has 70 valence electrons. The lowest BCUT2D eigenvalue weighted by Gasteiger charge is -2.06. The first-order valence-corrected chi connectivity index (χ1v) is 3.71. The maximum absolute atomic E-state index is 11.2. The predicted molar refractivity (Wildman–Crippen MR) is 48.6 cm³/mol. The fraction of sp³-hybridized carbons (Fsp3) is 0.250. The zero-order chi connectivity index (χ0) is 9.84. The van der Waals surface area contributed by atoms with E-state index >= 15 is 0 Å². The topological polar surface area (TPSA) is 77.2 Å². The highest BCUT2D eigenvalue weighted by Gasteiger charge is 2.12. The van der Waals surface area contributed by atoms with Gasteiger partial charge >= 0.3 is 0 Å². The Labute approximate surface area is 75.9 Å². The van der Waals surface area contributed by atoms with Crippen molar-refractivity contribution in [3.05, 3.63) is 17.8 Å². The van der Waals surface area contributed by atoms with Crippen LogP contribution in [-0.4, -0.2) is 25.0 Å². The van der Waals surface area contributed by atoms with E-state index in [0.717, 1.165) is 0 Å². The van der Waals surface area contributed by atoms with Gasteiger partial charge in [-0.15, -0.1) is 0 Å². The Balaban J connectivity index is 3.15. The zero-order valence-corrected chi connectivity index (χ0v) is 7.50. The van der Waals surface area contributed by atoms with Crippen LogP contribution in [0.4, 0.5) is 5.82 Å². The molecule has 0 bridgehead atoms. The van der Waals surface area contributed by atoms with Crippen molar-refractivity contribution in [3.8, 4) is 5.75 Å². The number of aromatic nitrogens is 1. The number of nitrogens with one attached hydrogen (secondary N) is 1. The van der Waals surface area contributed by atoms with Gasteiger partial charge in [0, 0.05) is 7.05 Å². The van der Waals surface area contributed by atoms with Gasteiger partial charge in [0.05, 0.1) is 7.11 Å². The summed E-state index contributed by atoms with van der Waals surface area (Å²) in [6.45, 7) is 0. The van der Waals surface area contributed by atoms with Crippen molar-refractivity contribution in [2.24, 2.45) is 0 Å². The van der Waals surface area contributed by atoms with Gasteiger partial charge in [-0.2, -0.15) is 0 Å². The number of pyridine rings is 1. The maximum Gasteiger partial charge on any atom is 0.273 e. The number of methoxy groups -OCH3 is 1. The number of carbonyl (C=O) groups excluding carboxylic acids is 1. The summed E-state index contributed by atoms with van der Waals surface area (Å²) in [4.78, 5) is 15.1. The lowest BCUT2D eigenvalue weighted by molar-refractivity contribution is 0.0955. The van der Waals surface area contributed by atoms with Crippen LogP contribution in [0.3, 0.4) is 0 Å². The number of hydrogen-bond acceptors (Lipinski definition) is 4. The fourth-order valence-corrected chi connectivity index (χ4v) is 0.907. The molecule has 0 aliphatic heterocycles. The highest BCUT2D eigenvalue weighted by atomic mass is 16.5. The van der Waals surface area contributed by atoms with Crippen molar-refractivity contribution in [1.29, 1.82) is 0 Å². The Kier molecular flexibility index (Phi) is 2.69. The Hall–Kier alpha value is -1.78. The first-order chi connectivity index (χ1) is 6.19. The van der Waals surface area contributed by atoms with Gasteiger partial charge in [0.2, 0.25) is 0 Å². The predicted octanol–water partition coefficient (Wildman–Crippen LogP) is 0.0320. The molecule has 1 aromatic heterocycles. The van der Waals surface area contributed by atoms with Crippen LogP contribution in [0.2, 0.25) is 0 Å². The van der Waals surface area contributed by atoms with Gasteiger partial charge in [-0.1, -0.05) is 0 Å². The van der Waals surface area contributed by atoms with Crippen LogP contribution in [0.1, 0.15) is 10.5 Å². The van der Waals surface area contributed by atoms with Crippen LogP contribution in [0.25, 0.3) is 0 Å². The SMILES string of the molecule is CNC(=O)c1nc(N)ccc1OC. The van der Waals surface area contributed by atoms with E-state index in [1.54, 1.807) is 12.1 Å².